The van der Waals surface area contributed by atoms with Crippen molar-refractivity contribution in [3.05, 3.63) is 53.9 Å². The summed E-state index contributed by atoms with van der Waals surface area (Å²) in [6.45, 7) is 4.60. The van der Waals surface area contributed by atoms with E-state index in [-0.39, 0.29) is 5.91 Å². The molecule has 132 valence electrons. The Morgan fingerprint density at radius 1 is 1.20 bits per heavy atom. The number of likely N-dealkylation sites (tertiary alicyclic amines) is 1. The molecule has 5 heteroatoms. The Hall–Kier alpha value is -2.56. The molecule has 1 saturated heterocycles. The lowest BCUT2D eigenvalue weighted by molar-refractivity contribution is 0.0691. The number of nitrogens with zero attached hydrogens (tertiary/aromatic N) is 2. The fraction of sp³-hybridized carbons (Fsp3) is 0.400. The molecule has 0 radical (unpaired) electrons. The summed E-state index contributed by atoms with van der Waals surface area (Å²) in [4.78, 5) is 18.7. The van der Waals surface area contributed by atoms with Gasteiger partial charge in [-0.25, -0.2) is 4.98 Å². The summed E-state index contributed by atoms with van der Waals surface area (Å²) in [6.07, 6.45) is 3.88. The normalized spacial score (nSPS) is 15.0. The Labute approximate surface area is 149 Å². The standard InChI is InChI=1S/C20H25N3O2/c1-15-9-11-23(12-10-15)20(24)19-8-5-17(14-22-19)21-13-16-3-6-18(25-2)7-4-16/h3-8,14-15,21H,9-13H2,1-2H3. The van der Waals surface area contributed by atoms with E-state index in [4.69, 9.17) is 4.74 Å². The first-order chi connectivity index (χ1) is 12.2. The van der Waals surface area contributed by atoms with Gasteiger partial charge in [0.2, 0.25) is 0 Å². The molecule has 0 spiro atoms. The zero-order valence-corrected chi connectivity index (χ0v) is 14.9. The molecule has 1 aromatic heterocycles. The van der Waals surface area contributed by atoms with E-state index in [0.717, 1.165) is 42.9 Å². The largest absolute Gasteiger partial charge is 0.497 e. The number of hydrogen-bond donors (Lipinski definition) is 1. The number of pyridine rings is 1. The van der Waals surface area contributed by atoms with Crippen LogP contribution in [0.4, 0.5) is 5.69 Å². The third-order valence-corrected chi connectivity index (χ3v) is 4.71. The molecule has 1 aromatic carbocycles. The zero-order chi connectivity index (χ0) is 17.6. The molecule has 25 heavy (non-hydrogen) atoms. The molecule has 1 aliphatic heterocycles. The molecule has 0 aliphatic carbocycles. The molecule has 0 atom stereocenters. The number of aromatic nitrogens is 1. The van der Waals surface area contributed by atoms with Gasteiger partial charge in [-0.3, -0.25) is 4.79 Å². The van der Waals surface area contributed by atoms with Crippen molar-refractivity contribution in [1.82, 2.24) is 9.88 Å². The zero-order valence-electron chi connectivity index (χ0n) is 14.9. The summed E-state index contributed by atoms with van der Waals surface area (Å²) >= 11 is 0. The van der Waals surface area contributed by atoms with E-state index >= 15 is 0 Å². The van der Waals surface area contributed by atoms with E-state index in [1.807, 2.05) is 35.2 Å². The van der Waals surface area contributed by atoms with E-state index in [1.165, 1.54) is 0 Å². The van der Waals surface area contributed by atoms with Crippen molar-refractivity contribution in [2.24, 2.45) is 5.92 Å². The second-order valence-electron chi connectivity index (χ2n) is 6.61. The third-order valence-electron chi connectivity index (χ3n) is 4.71. The van der Waals surface area contributed by atoms with Crippen molar-refractivity contribution in [2.75, 3.05) is 25.5 Å². The highest BCUT2D eigenvalue weighted by molar-refractivity contribution is 5.92. The van der Waals surface area contributed by atoms with Gasteiger partial charge in [-0.2, -0.15) is 0 Å². The lowest BCUT2D eigenvalue weighted by Gasteiger charge is -2.30. The first kappa shape index (κ1) is 17.3. The summed E-state index contributed by atoms with van der Waals surface area (Å²) in [7, 11) is 1.66. The van der Waals surface area contributed by atoms with Crippen molar-refractivity contribution >= 4 is 11.6 Å². The maximum atomic E-state index is 12.5. The maximum Gasteiger partial charge on any atom is 0.272 e. The predicted octanol–water partition coefficient (Wildman–Crippen LogP) is 3.57. The molecule has 3 rings (SSSR count). The molecular weight excluding hydrogens is 314 g/mol. The fourth-order valence-electron chi connectivity index (χ4n) is 2.95. The number of carbonyl (C=O) groups is 1. The number of methoxy groups -OCH3 is 1. The smallest absolute Gasteiger partial charge is 0.272 e. The van der Waals surface area contributed by atoms with Gasteiger partial charge in [0.25, 0.3) is 5.91 Å². The molecule has 1 N–H and O–H groups in total. The van der Waals surface area contributed by atoms with Crippen LogP contribution in [0.3, 0.4) is 0 Å². The molecule has 5 nitrogen and oxygen atoms in total. The summed E-state index contributed by atoms with van der Waals surface area (Å²) in [5, 5.41) is 3.32. The molecule has 2 heterocycles. The topological polar surface area (TPSA) is 54.5 Å². The Morgan fingerprint density at radius 2 is 1.92 bits per heavy atom. The van der Waals surface area contributed by atoms with Crippen LogP contribution in [0.1, 0.15) is 35.8 Å². The highest BCUT2D eigenvalue weighted by Gasteiger charge is 2.22. The van der Waals surface area contributed by atoms with Crippen LogP contribution in [-0.2, 0) is 6.54 Å². The van der Waals surface area contributed by atoms with Crippen molar-refractivity contribution < 1.29 is 9.53 Å². The van der Waals surface area contributed by atoms with Crippen LogP contribution in [0, 0.1) is 5.92 Å². The summed E-state index contributed by atoms with van der Waals surface area (Å²) in [6, 6.07) is 11.6. The van der Waals surface area contributed by atoms with Crippen LogP contribution in [0.2, 0.25) is 0 Å². The van der Waals surface area contributed by atoms with Crippen molar-refractivity contribution in [2.45, 2.75) is 26.3 Å². The fourth-order valence-corrected chi connectivity index (χ4v) is 2.95. The lowest BCUT2D eigenvalue weighted by atomic mass is 9.99. The summed E-state index contributed by atoms with van der Waals surface area (Å²) in [5.74, 6) is 1.59. The Bertz CT molecular complexity index is 690. The molecule has 1 amide bonds. The predicted molar refractivity (Wildman–Crippen MR) is 98.9 cm³/mol. The molecule has 1 aliphatic rings. The van der Waals surface area contributed by atoms with Crippen molar-refractivity contribution in [3.8, 4) is 5.75 Å². The van der Waals surface area contributed by atoms with E-state index in [2.05, 4.69) is 17.2 Å². The monoisotopic (exact) mass is 339 g/mol. The number of anilines is 1. The van der Waals surface area contributed by atoms with Gasteiger partial charge in [0, 0.05) is 19.6 Å². The average molecular weight is 339 g/mol. The van der Waals surface area contributed by atoms with Crippen LogP contribution in [0.25, 0.3) is 0 Å². The van der Waals surface area contributed by atoms with Gasteiger partial charge < -0.3 is 15.0 Å². The second kappa shape index (κ2) is 8.01. The third kappa shape index (κ3) is 4.50. The van der Waals surface area contributed by atoms with Gasteiger partial charge in [-0.15, -0.1) is 0 Å². The Morgan fingerprint density at radius 3 is 2.52 bits per heavy atom. The van der Waals surface area contributed by atoms with Crippen LogP contribution in [0.15, 0.2) is 42.6 Å². The molecular formula is C20H25N3O2. The van der Waals surface area contributed by atoms with Crippen LogP contribution >= 0.6 is 0 Å². The number of amides is 1. The quantitative estimate of drug-likeness (QED) is 0.905. The number of nitrogens with one attached hydrogen (secondary N) is 1. The van der Waals surface area contributed by atoms with Crippen molar-refractivity contribution in [3.63, 3.8) is 0 Å². The number of piperidine rings is 1. The minimum Gasteiger partial charge on any atom is -0.497 e. The van der Waals surface area contributed by atoms with Gasteiger partial charge in [0.15, 0.2) is 0 Å². The number of rotatable bonds is 5. The Balaban J connectivity index is 1.55. The number of ether oxygens (including phenoxy) is 1. The number of benzene rings is 1. The maximum absolute atomic E-state index is 12.5. The molecule has 0 bridgehead atoms. The van der Waals surface area contributed by atoms with Crippen molar-refractivity contribution in [1.29, 1.82) is 0 Å². The SMILES string of the molecule is COc1ccc(CNc2ccc(C(=O)N3CCC(C)CC3)nc2)cc1. The number of carbonyl (C=O) groups excluding carboxylic acids is 1. The van der Waals surface area contributed by atoms with E-state index in [9.17, 15) is 4.79 Å². The van der Waals surface area contributed by atoms with Gasteiger partial charge in [0.1, 0.15) is 11.4 Å². The summed E-state index contributed by atoms with van der Waals surface area (Å²) in [5.41, 5.74) is 2.58. The van der Waals surface area contributed by atoms with Crippen LogP contribution in [0.5, 0.6) is 5.75 Å². The molecule has 1 fully saturated rings. The highest BCUT2D eigenvalue weighted by Crippen LogP contribution is 2.18. The van der Waals surface area contributed by atoms with Gasteiger partial charge in [-0.1, -0.05) is 19.1 Å². The number of hydrogen-bond acceptors (Lipinski definition) is 4. The van der Waals surface area contributed by atoms with Gasteiger partial charge >= 0.3 is 0 Å². The first-order valence-corrected chi connectivity index (χ1v) is 8.78. The molecule has 0 unspecified atom stereocenters. The summed E-state index contributed by atoms with van der Waals surface area (Å²) < 4.78 is 5.16. The second-order valence-corrected chi connectivity index (χ2v) is 6.61. The highest BCUT2D eigenvalue weighted by atomic mass is 16.5. The van der Waals surface area contributed by atoms with E-state index < -0.39 is 0 Å². The first-order valence-electron chi connectivity index (χ1n) is 8.78. The lowest BCUT2D eigenvalue weighted by Crippen LogP contribution is -2.38. The van der Waals surface area contributed by atoms with Crippen LogP contribution < -0.4 is 10.1 Å². The van der Waals surface area contributed by atoms with E-state index in [1.54, 1.807) is 19.4 Å². The average Bonchev–Trinajstić information content (AvgIpc) is 2.67. The minimum absolute atomic E-state index is 0.0357. The molecule has 2 aromatic rings. The van der Waals surface area contributed by atoms with E-state index in [0.29, 0.717) is 18.2 Å². The minimum atomic E-state index is 0.0357. The van der Waals surface area contributed by atoms with Crippen LogP contribution in [-0.4, -0.2) is 36.0 Å². The molecule has 0 saturated carbocycles. The van der Waals surface area contributed by atoms with Gasteiger partial charge in [-0.05, 0) is 48.6 Å². The van der Waals surface area contributed by atoms with Gasteiger partial charge in [0.05, 0.1) is 19.0 Å². The Kier molecular flexibility index (Phi) is 5.53.